The third-order valence-corrected chi connectivity index (χ3v) is 6.52. The smallest absolute Gasteiger partial charge is 0.254 e. The van der Waals surface area contributed by atoms with E-state index < -0.39 is 0 Å². The number of aryl methyl sites for hydroxylation is 1. The summed E-state index contributed by atoms with van der Waals surface area (Å²) in [6, 6.07) is 11.8. The number of fused-ring (bicyclic) bond motifs is 1. The highest BCUT2D eigenvalue weighted by Crippen LogP contribution is 2.32. The second-order valence-electron chi connectivity index (χ2n) is 8.84. The van der Waals surface area contributed by atoms with Crippen molar-refractivity contribution in [2.45, 2.75) is 51.1 Å². The molecule has 31 heavy (non-hydrogen) atoms. The number of hydrogen-bond donors (Lipinski definition) is 1. The van der Waals surface area contributed by atoms with E-state index in [1.807, 2.05) is 45.9 Å². The second kappa shape index (κ2) is 8.30. The molecule has 2 N–H and O–H groups in total. The summed E-state index contributed by atoms with van der Waals surface area (Å²) >= 11 is 0. The van der Waals surface area contributed by atoms with Crippen molar-refractivity contribution in [1.82, 2.24) is 19.5 Å². The summed E-state index contributed by atoms with van der Waals surface area (Å²) in [7, 11) is 0. The van der Waals surface area contributed by atoms with Gasteiger partial charge in [-0.1, -0.05) is 31.0 Å². The number of benzene rings is 1. The number of carbonyl (C=O) groups is 1. The molecule has 162 valence electrons. The minimum absolute atomic E-state index is 0.0270. The van der Waals surface area contributed by atoms with E-state index >= 15 is 0 Å². The topological polar surface area (TPSA) is 79.8 Å². The lowest BCUT2D eigenvalue weighted by atomic mass is 10.1. The molecule has 1 amide bonds. The van der Waals surface area contributed by atoms with Crippen LogP contribution in [0.25, 0.3) is 5.65 Å². The number of carbonyl (C=O) groups excluding carboxylic acids is 1. The van der Waals surface area contributed by atoms with Crippen molar-refractivity contribution in [2.75, 3.05) is 24.5 Å². The van der Waals surface area contributed by atoms with Crippen LogP contribution in [0.5, 0.6) is 0 Å². The van der Waals surface area contributed by atoms with Gasteiger partial charge in [0, 0.05) is 49.1 Å². The van der Waals surface area contributed by atoms with Crippen LogP contribution < -0.4 is 10.6 Å². The summed E-state index contributed by atoms with van der Waals surface area (Å²) in [5.74, 6) is 1.07. The van der Waals surface area contributed by atoms with Crippen molar-refractivity contribution in [3.63, 3.8) is 0 Å². The molecule has 0 unspecified atom stereocenters. The summed E-state index contributed by atoms with van der Waals surface area (Å²) in [5.41, 5.74) is 9.69. The zero-order valence-corrected chi connectivity index (χ0v) is 18.1. The first kappa shape index (κ1) is 20.0. The van der Waals surface area contributed by atoms with Crippen molar-refractivity contribution in [3.8, 4) is 0 Å². The van der Waals surface area contributed by atoms with Gasteiger partial charge in [-0.2, -0.15) is 5.10 Å². The summed E-state index contributed by atoms with van der Waals surface area (Å²) in [5, 5.41) is 4.86. The fourth-order valence-electron chi connectivity index (χ4n) is 4.89. The van der Waals surface area contributed by atoms with E-state index in [1.165, 1.54) is 0 Å². The molecule has 2 aliphatic heterocycles. The maximum Gasteiger partial charge on any atom is 0.254 e. The zero-order chi connectivity index (χ0) is 21.4. The molecule has 0 aliphatic carbocycles. The Hall–Kier alpha value is -2.93. The normalized spacial score (nSPS) is 22.1. The first-order valence-electron chi connectivity index (χ1n) is 11.3. The highest BCUT2D eigenvalue weighted by Gasteiger charge is 2.30. The van der Waals surface area contributed by atoms with Crippen molar-refractivity contribution in [2.24, 2.45) is 5.73 Å². The molecule has 1 aromatic carbocycles. The van der Waals surface area contributed by atoms with Gasteiger partial charge in [-0.3, -0.25) is 4.79 Å². The maximum atomic E-state index is 13.3. The molecule has 0 spiro atoms. The highest BCUT2D eigenvalue weighted by atomic mass is 16.2. The summed E-state index contributed by atoms with van der Waals surface area (Å²) < 4.78 is 1.86. The molecule has 3 aromatic rings. The van der Waals surface area contributed by atoms with Crippen LogP contribution >= 0.6 is 0 Å². The SMILES string of the molecule is Cc1cn2nc([C@@H]3CCCCCN3C(=O)c3ccccc3)cc2nc1N1CC[C@H](N)C1. The van der Waals surface area contributed by atoms with Crippen molar-refractivity contribution in [3.05, 3.63) is 59.4 Å². The van der Waals surface area contributed by atoms with Crippen LogP contribution in [0, 0.1) is 6.92 Å². The quantitative estimate of drug-likeness (QED) is 0.706. The number of anilines is 1. The van der Waals surface area contributed by atoms with Gasteiger partial charge < -0.3 is 15.5 Å². The van der Waals surface area contributed by atoms with Gasteiger partial charge in [0.15, 0.2) is 5.65 Å². The summed E-state index contributed by atoms with van der Waals surface area (Å²) in [6.07, 6.45) is 7.23. The summed E-state index contributed by atoms with van der Waals surface area (Å²) in [6.45, 7) is 4.61. The van der Waals surface area contributed by atoms with Gasteiger partial charge in [0.2, 0.25) is 0 Å². The molecule has 5 rings (SSSR count). The first-order valence-corrected chi connectivity index (χ1v) is 11.3. The minimum atomic E-state index is -0.0270. The predicted molar refractivity (Wildman–Crippen MR) is 121 cm³/mol. The molecule has 0 saturated carbocycles. The van der Waals surface area contributed by atoms with Crippen LogP contribution in [-0.2, 0) is 0 Å². The van der Waals surface area contributed by atoms with Crippen LogP contribution in [0.4, 0.5) is 5.82 Å². The Morgan fingerprint density at radius 1 is 1.10 bits per heavy atom. The number of aromatic nitrogens is 3. The lowest BCUT2D eigenvalue weighted by Crippen LogP contribution is -2.35. The third kappa shape index (κ3) is 3.90. The molecular weight excluding hydrogens is 388 g/mol. The standard InChI is InChI=1S/C24H30N6O/c1-17-15-30-22(26-23(17)28-13-11-19(25)16-28)14-20(27-30)21-10-6-3-7-12-29(21)24(31)18-8-4-2-5-9-18/h2,4-5,8-9,14-15,19,21H,3,6-7,10-13,16,25H2,1H3/t19-,21-/m0/s1. The summed E-state index contributed by atoms with van der Waals surface area (Å²) in [4.78, 5) is 22.5. The average Bonchev–Trinajstić information content (AvgIpc) is 3.30. The van der Waals surface area contributed by atoms with Crippen LogP contribution in [0.15, 0.2) is 42.6 Å². The number of nitrogens with two attached hydrogens (primary N) is 1. The van der Waals surface area contributed by atoms with Gasteiger partial charge in [0.05, 0.1) is 11.7 Å². The molecule has 2 aromatic heterocycles. The van der Waals surface area contributed by atoms with Crippen LogP contribution in [0.1, 0.15) is 59.8 Å². The fraction of sp³-hybridized carbons (Fsp3) is 0.458. The van der Waals surface area contributed by atoms with Crippen LogP contribution in [0.3, 0.4) is 0 Å². The largest absolute Gasteiger partial charge is 0.355 e. The number of hydrogen-bond acceptors (Lipinski definition) is 5. The Balaban J connectivity index is 1.49. The van der Waals surface area contributed by atoms with E-state index in [9.17, 15) is 4.79 Å². The predicted octanol–water partition coefficient (Wildman–Crippen LogP) is 3.33. The molecule has 2 fully saturated rings. The van der Waals surface area contributed by atoms with Crippen molar-refractivity contribution < 1.29 is 4.79 Å². The van der Waals surface area contributed by atoms with E-state index in [0.29, 0.717) is 0 Å². The molecule has 7 heteroatoms. The minimum Gasteiger partial charge on any atom is -0.355 e. The zero-order valence-electron chi connectivity index (χ0n) is 18.1. The monoisotopic (exact) mass is 418 g/mol. The lowest BCUT2D eigenvalue weighted by Gasteiger charge is -2.29. The van der Waals surface area contributed by atoms with Gasteiger partial charge in [-0.15, -0.1) is 0 Å². The Kier molecular flexibility index (Phi) is 5.36. The van der Waals surface area contributed by atoms with Gasteiger partial charge in [-0.05, 0) is 38.3 Å². The molecule has 7 nitrogen and oxygen atoms in total. The van der Waals surface area contributed by atoms with Gasteiger partial charge >= 0.3 is 0 Å². The Bertz CT molecular complexity index is 1080. The van der Waals surface area contributed by atoms with E-state index in [0.717, 1.165) is 80.0 Å². The molecular formula is C24H30N6O. The first-order chi connectivity index (χ1) is 15.1. The average molecular weight is 419 g/mol. The molecule has 4 heterocycles. The van der Waals surface area contributed by atoms with Crippen molar-refractivity contribution in [1.29, 1.82) is 0 Å². The Morgan fingerprint density at radius 2 is 1.94 bits per heavy atom. The fourth-order valence-corrected chi connectivity index (χ4v) is 4.89. The number of likely N-dealkylation sites (tertiary alicyclic amines) is 1. The van der Waals surface area contributed by atoms with Crippen LogP contribution in [-0.4, -0.2) is 51.1 Å². The highest BCUT2D eigenvalue weighted by molar-refractivity contribution is 5.94. The molecule has 0 bridgehead atoms. The second-order valence-corrected chi connectivity index (χ2v) is 8.84. The van der Waals surface area contributed by atoms with Gasteiger partial charge in [0.1, 0.15) is 5.82 Å². The molecule has 2 atom stereocenters. The number of amides is 1. The van der Waals surface area contributed by atoms with E-state index in [-0.39, 0.29) is 18.0 Å². The Morgan fingerprint density at radius 3 is 2.71 bits per heavy atom. The van der Waals surface area contributed by atoms with Gasteiger partial charge in [-0.25, -0.2) is 9.50 Å². The number of rotatable bonds is 3. The number of nitrogens with zero attached hydrogens (tertiary/aromatic N) is 5. The molecule has 0 radical (unpaired) electrons. The Labute approximate surface area is 182 Å². The van der Waals surface area contributed by atoms with Gasteiger partial charge in [0.25, 0.3) is 5.91 Å². The van der Waals surface area contributed by atoms with E-state index in [2.05, 4.69) is 17.9 Å². The maximum absolute atomic E-state index is 13.3. The molecule has 2 saturated heterocycles. The van der Waals surface area contributed by atoms with E-state index in [4.69, 9.17) is 15.8 Å². The van der Waals surface area contributed by atoms with Crippen LogP contribution in [0.2, 0.25) is 0 Å². The molecule has 2 aliphatic rings. The third-order valence-electron chi connectivity index (χ3n) is 6.52. The van der Waals surface area contributed by atoms with Crippen molar-refractivity contribution >= 4 is 17.4 Å². The van der Waals surface area contributed by atoms with E-state index in [1.54, 1.807) is 0 Å². The lowest BCUT2D eigenvalue weighted by molar-refractivity contribution is 0.0676.